The van der Waals surface area contributed by atoms with Gasteiger partial charge in [-0.3, -0.25) is 0 Å². The summed E-state index contributed by atoms with van der Waals surface area (Å²) in [6.07, 6.45) is 1.76. The predicted molar refractivity (Wildman–Crippen MR) is 67.1 cm³/mol. The average Bonchev–Trinajstić information content (AvgIpc) is 2.25. The fourth-order valence-corrected chi connectivity index (χ4v) is 1.84. The van der Waals surface area contributed by atoms with Crippen molar-refractivity contribution in [3.8, 4) is 0 Å². The quantitative estimate of drug-likeness (QED) is 0.858. The number of benzene rings is 1. The number of nitrogens with zero attached hydrogens (tertiary/aromatic N) is 2. The Morgan fingerprint density at radius 3 is 2.69 bits per heavy atom. The maximum atomic E-state index is 12.7. The molecule has 0 unspecified atom stereocenters. The van der Waals surface area contributed by atoms with Crippen LogP contribution < -0.4 is 5.32 Å². The molecule has 0 bridgehead atoms. The molecule has 3 nitrogen and oxygen atoms in total. The molecule has 84 valence electrons. The van der Waals surface area contributed by atoms with Gasteiger partial charge in [0, 0.05) is 23.4 Å². The molecule has 1 N–H and O–H groups in total. The van der Waals surface area contributed by atoms with Crippen LogP contribution in [0.4, 0.5) is 10.1 Å². The van der Waals surface area contributed by atoms with Crippen LogP contribution in [0.1, 0.15) is 0 Å². The van der Waals surface area contributed by atoms with Gasteiger partial charge in [0.2, 0.25) is 5.96 Å². The van der Waals surface area contributed by atoms with Crippen molar-refractivity contribution >= 4 is 27.6 Å². The van der Waals surface area contributed by atoms with E-state index in [2.05, 4.69) is 26.2 Å². The van der Waals surface area contributed by atoms with Crippen LogP contribution in [0.25, 0.3) is 0 Å². The lowest BCUT2D eigenvalue weighted by Crippen LogP contribution is -2.35. The lowest BCUT2D eigenvalue weighted by Gasteiger charge is -2.24. The van der Waals surface area contributed by atoms with Gasteiger partial charge in [-0.05, 0) is 24.3 Å². The smallest absolute Gasteiger partial charge is 0.203 e. The van der Waals surface area contributed by atoms with Gasteiger partial charge in [-0.15, -0.1) is 0 Å². The average molecular weight is 284 g/mol. The van der Waals surface area contributed by atoms with Gasteiger partial charge < -0.3 is 10.2 Å². The van der Waals surface area contributed by atoms with Crippen molar-refractivity contribution in [1.29, 1.82) is 0 Å². The van der Waals surface area contributed by atoms with Crippen molar-refractivity contribution in [2.75, 3.05) is 18.9 Å². The molecular weight excluding hydrogens is 273 g/mol. The molecule has 0 radical (unpaired) electrons. The van der Waals surface area contributed by atoms with E-state index in [1.165, 1.54) is 12.1 Å². The Morgan fingerprint density at radius 1 is 1.38 bits per heavy atom. The van der Waals surface area contributed by atoms with Crippen LogP contribution in [0.5, 0.6) is 0 Å². The standard InChI is InChI=1S/C11H11BrFN3/c1-16-7-8(12)6-14-11(16)15-10-4-2-9(13)3-5-10/h2-6H,7H2,1H3,(H,14,15). The molecule has 1 aromatic carbocycles. The number of rotatable bonds is 1. The van der Waals surface area contributed by atoms with Crippen LogP contribution in [0.2, 0.25) is 0 Å². The minimum absolute atomic E-state index is 0.243. The van der Waals surface area contributed by atoms with E-state index < -0.39 is 0 Å². The van der Waals surface area contributed by atoms with Gasteiger partial charge in [0.15, 0.2) is 0 Å². The van der Waals surface area contributed by atoms with Crippen molar-refractivity contribution in [3.63, 3.8) is 0 Å². The molecule has 0 amide bonds. The van der Waals surface area contributed by atoms with Crippen molar-refractivity contribution in [1.82, 2.24) is 4.90 Å². The van der Waals surface area contributed by atoms with E-state index in [0.29, 0.717) is 0 Å². The van der Waals surface area contributed by atoms with Gasteiger partial charge in [-0.2, -0.15) is 0 Å². The molecule has 1 heterocycles. The van der Waals surface area contributed by atoms with Gasteiger partial charge in [-0.25, -0.2) is 9.38 Å². The van der Waals surface area contributed by atoms with Gasteiger partial charge in [0.25, 0.3) is 0 Å². The van der Waals surface area contributed by atoms with Gasteiger partial charge in [-0.1, -0.05) is 15.9 Å². The van der Waals surface area contributed by atoms with Crippen LogP contribution >= 0.6 is 15.9 Å². The largest absolute Gasteiger partial charge is 0.341 e. The molecule has 0 saturated heterocycles. The number of aliphatic imine (C=N–C) groups is 1. The Hall–Kier alpha value is -1.36. The molecule has 2 rings (SSSR count). The normalized spacial score (nSPS) is 15.6. The number of hydrogen-bond donors (Lipinski definition) is 1. The molecule has 0 aromatic heterocycles. The third-order valence-corrected chi connectivity index (χ3v) is 2.63. The Morgan fingerprint density at radius 2 is 2.06 bits per heavy atom. The fourth-order valence-electron chi connectivity index (χ4n) is 1.36. The summed E-state index contributed by atoms with van der Waals surface area (Å²) in [5, 5.41) is 3.12. The van der Waals surface area contributed by atoms with E-state index in [1.807, 2.05) is 11.9 Å². The lowest BCUT2D eigenvalue weighted by atomic mass is 10.3. The zero-order valence-electron chi connectivity index (χ0n) is 8.74. The van der Waals surface area contributed by atoms with Crippen molar-refractivity contribution in [2.45, 2.75) is 0 Å². The van der Waals surface area contributed by atoms with Gasteiger partial charge >= 0.3 is 0 Å². The number of anilines is 1. The Bertz CT molecular complexity index is 439. The minimum atomic E-state index is -0.243. The second-order valence-electron chi connectivity index (χ2n) is 3.52. The Balaban J connectivity index is 2.13. The third-order valence-electron chi connectivity index (χ3n) is 2.18. The molecule has 16 heavy (non-hydrogen) atoms. The predicted octanol–water partition coefficient (Wildman–Crippen LogP) is 2.78. The van der Waals surface area contributed by atoms with Crippen LogP contribution in [0.3, 0.4) is 0 Å². The summed E-state index contributed by atoms with van der Waals surface area (Å²) in [5.74, 6) is 0.502. The summed E-state index contributed by atoms with van der Waals surface area (Å²) in [6, 6.07) is 6.19. The first-order chi connectivity index (χ1) is 7.65. The summed E-state index contributed by atoms with van der Waals surface area (Å²) < 4.78 is 13.7. The van der Waals surface area contributed by atoms with Crippen molar-refractivity contribution in [2.24, 2.45) is 4.99 Å². The van der Waals surface area contributed by atoms with E-state index in [-0.39, 0.29) is 5.82 Å². The van der Waals surface area contributed by atoms with Crippen LogP contribution in [-0.2, 0) is 0 Å². The molecule has 1 aliphatic heterocycles. The number of halogens is 2. The zero-order valence-corrected chi connectivity index (χ0v) is 10.3. The second-order valence-corrected chi connectivity index (χ2v) is 4.54. The highest BCUT2D eigenvalue weighted by molar-refractivity contribution is 9.11. The summed E-state index contributed by atoms with van der Waals surface area (Å²) in [7, 11) is 1.93. The van der Waals surface area contributed by atoms with Crippen molar-refractivity contribution in [3.05, 3.63) is 40.8 Å². The first kappa shape index (κ1) is 11.1. The van der Waals surface area contributed by atoms with Gasteiger partial charge in [0.05, 0.1) is 6.54 Å². The number of guanidine groups is 1. The number of hydrogen-bond acceptors (Lipinski definition) is 3. The maximum Gasteiger partial charge on any atom is 0.203 e. The molecule has 0 fully saturated rings. The Kier molecular flexibility index (Phi) is 3.24. The van der Waals surface area contributed by atoms with Crippen LogP contribution in [0.15, 0.2) is 39.9 Å². The van der Waals surface area contributed by atoms with E-state index in [4.69, 9.17) is 0 Å². The SMILES string of the molecule is CN1CC(Br)=CN=C1Nc1ccc(F)cc1. The molecular formula is C11H11BrFN3. The molecule has 0 aliphatic carbocycles. The highest BCUT2D eigenvalue weighted by atomic mass is 79.9. The summed E-state index contributed by atoms with van der Waals surface area (Å²) in [4.78, 5) is 6.20. The fraction of sp³-hybridized carbons (Fsp3) is 0.182. The molecule has 1 aliphatic rings. The first-order valence-corrected chi connectivity index (χ1v) is 5.60. The van der Waals surface area contributed by atoms with Gasteiger partial charge in [0.1, 0.15) is 5.82 Å². The monoisotopic (exact) mass is 283 g/mol. The number of likely N-dealkylation sites (N-methyl/N-ethyl adjacent to an activating group) is 1. The van der Waals surface area contributed by atoms with Crippen LogP contribution in [0, 0.1) is 5.82 Å². The van der Waals surface area contributed by atoms with E-state index >= 15 is 0 Å². The van der Waals surface area contributed by atoms with Crippen LogP contribution in [-0.4, -0.2) is 24.5 Å². The third kappa shape index (κ3) is 2.61. The molecule has 5 heteroatoms. The highest BCUT2D eigenvalue weighted by Crippen LogP contribution is 2.14. The van der Waals surface area contributed by atoms with E-state index in [1.54, 1.807) is 18.3 Å². The zero-order chi connectivity index (χ0) is 11.5. The summed E-state index contributed by atoms with van der Waals surface area (Å²) in [5.41, 5.74) is 0.818. The van der Waals surface area contributed by atoms with E-state index in [0.717, 1.165) is 22.7 Å². The minimum Gasteiger partial charge on any atom is -0.341 e. The molecule has 1 aromatic rings. The second kappa shape index (κ2) is 4.65. The molecule has 0 atom stereocenters. The topological polar surface area (TPSA) is 27.6 Å². The molecule has 0 saturated carbocycles. The van der Waals surface area contributed by atoms with E-state index in [9.17, 15) is 4.39 Å². The summed E-state index contributed by atoms with van der Waals surface area (Å²) in [6.45, 7) is 0.771. The molecule has 0 spiro atoms. The number of nitrogens with one attached hydrogen (secondary N) is 1. The maximum absolute atomic E-state index is 12.7. The summed E-state index contributed by atoms with van der Waals surface area (Å²) >= 11 is 3.39. The van der Waals surface area contributed by atoms with Crippen molar-refractivity contribution < 1.29 is 4.39 Å². The first-order valence-electron chi connectivity index (χ1n) is 4.81. The lowest BCUT2D eigenvalue weighted by molar-refractivity contribution is 0.551. The highest BCUT2D eigenvalue weighted by Gasteiger charge is 2.11. The Labute approximate surface area is 102 Å².